The van der Waals surface area contributed by atoms with Crippen LogP contribution in [-0.4, -0.2) is 70.4 Å². The van der Waals surface area contributed by atoms with E-state index in [0.29, 0.717) is 18.2 Å². The highest BCUT2D eigenvalue weighted by Crippen LogP contribution is 2.46. The molecule has 23 heteroatoms. The van der Waals surface area contributed by atoms with Crippen LogP contribution in [0.3, 0.4) is 0 Å². The monoisotopic (exact) mass is 844 g/mol. The Morgan fingerprint density at radius 1 is 0.636 bits per heavy atom. The lowest BCUT2D eigenvalue weighted by Crippen LogP contribution is -2.25. The van der Waals surface area contributed by atoms with Gasteiger partial charge in [0, 0.05) is 22.1 Å². The molecule has 4 aromatic carbocycles. The van der Waals surface area contributed by atoms with Crippen LogP contribution >= 0.6 is 23.2 Å². The summed E-state index contributed by atoms with van der Waals surface area (Å²) in [6, 6.07) is 14.9. The van der Waals surface area contributed by atoms with Crippen molar-refractivity contribution in [1.82, 2.24) is 19.9 Å². The first-order valence-corrected chi connectivity index (χ1v) is 20.0. The molecule has 55 heavy (non-hydrogen) atoms. The number of ketones is 2. The number of carbonyl (C=O) groups excluding carboxylic acids is 2. The maximum atomic E-state index is 14.4. The lowest BCUT2D eigenvalue weighted by molar-refractivity contribution is 0.102. The number of rotatable bonds is 9. The summed E-state index contributed by atoms with van der Waals surface area (Å²) < 4.78 is 107. The van der Waals surface area contributed by atoms with Crippen LogP contribution in [0.2, 0.25) is 10.6 Å². The fourth-order valence-corrected chi connectivity index (χ4v) is 8.49. The van der Waals surface area contributed by atoms with Crippen LogP contribution in [-0.2, 0) is 30.4 Å². The van der Waals surface area contributed by atoms with E-state index in [0.717, 1.165) is 0 Å². The van der Waals surface area contributed by atoms with Crippen LogP contribution < -0.4 is 16.2 Å². The lowest BCUT2D eigenvalue weighted by Gasteiger charge is -2.25. The molecule has 7 rings (SSSR count). The number of halogens is 2. The van der Waals surface area contributed by atoms with Gasteiger partial charge in [0.05, 0.1) is 33.7 Å². The minimum Gasteiger partial charge on any atom is -0.354 e. The van der Waals surface area contributed by atoms with E-state index in [2.05, 4.69) is 30.6 Å². The summed E-state index contributed by atoms with van der Waals surface area (Å²) in [6.07, 6.45) is 0. The standard InChI is InChI=1S/C32H18Cl2N6O12S3/c33-30-38-31(34)40-32(39-30)36-17-10-16(19(53(44,45)46)12-20(17)54(47,48)49)35-18-11-21(55(50,51)52)26-24-22(14-8-4-5-9-15(14)28(42)23(18)24)25(29(43)37-26)27(41)13-6-2-1-3-7-13/h1-12,35H,(H,37,43)(H,44,45,46)(H,47,48,49)(H,50,51,52)(H,36,38,39,40). The van der Waals surface area contributed by atoms with E-state index in [9.17, 15) is 53.3 Å². The molecule has 1 aliphatic rings. The number of fused-ring (bicyclic) bond motifs is 2. The van der Waals surface area contributed by atoms with Crippen LogP contribution in [0, 0.1) is 0 Å². The number of pyridine rings is 1. The highest BCUT2D eigenvalue weighted by Gasteiger charge is 2.36. The average molecular weight is 846 g/mol. The molecule has 0 fully saturated rings. The SMILES string of the molecule is O=C(c1ccccc1)c1c2c3c(c(Nc4cc(Nc5nc(Cl)nc(Cl)n5)c(S(=O)(=O)O)cc4S(=O)(=O)O)cc(S(=O)(=O)O)c3[nH]c1=O)C(=O)c1ccccc1-2. The number of aromatic amines is 1. The summed E-state index contributed by atoms with van der Waals surface area (Å²) >= 11 is 11.6. The number of hydrogen-bond acceptors (Lipinski definition) is 14. The number of anilines is 4. The average Bonchev–Trinajstić information content (AvgIpc) is 3.08. The van der Waals surface area contributed by atoms with Gasteiger partial charge < -0.3 is 15.6 Å². The smallest absolute Gasteiger partial charge is 0.296 e. The Bertz CT molecular complexity index is 3090. The van der Waals surface area contributed by atoms with E-state index < -0.39 is 112 Å². The van der Waals surface area contributed by atoms with Crippen LogP contribution in [0.5, 0.6) is 0 Å². The summed E-state index contributed by atoms with van der Waals surface area (Å²) in [5.41, 5.74) is -4.92. The number of H-pyrrole nitrogens is 1. The van der Waals surface area contributed by atoms with Crippen molar-refractivity contribution in [2.45, 2.75) is 14.7 Å². The fourth-order valence-electron chi connectivity index (χ4n) is 6.07. The van der Waals surface area contributed by atoms with Gasteiger partial charge in [-0.1, -0.05) is 54.6 Å². The number of carbonyl (C=O) groups is 2. The Kier molecular flexibility index (Phi) is 9.09. The molecule has 18 nitrogen and oxygen atoms in total. The second-order valence-corrected chi connectivity index (χ2v) is 16.4. The van der Waals surface area contributed by atoms with Crippen LogP contribution in [0.15, 0.2) is 92.3 Å². The molecule has 6 aromatic rings. The third kappa shape index (κ3) is 6.83. The van der Waals surface area contributed by atoms with Crippen molar-refractivity contribution < 1.29 is 48.5 Å². The Balaban J connectivity index is 1.59. The zero-order valence-corrected chi connectivity index (χ0v) is 30.7. The van der Waals surface area contributed by atoms with E-state index in [-0.39, 0.29) is 27.6 Å². The summed E-state index contributed by atoms with van der Waals surface area (Å²) in [4.78, 5) is 52.0. The van der Waals surface area contributed by atoms with Crippen molar-refractivity contribution in [3.63, 3.8) is 0 Å². The van der Waals surface area contributed by atoms with E-state index in [4.69, 9.17) is 23.2 Å². The van der Waals surface area contributed by atoms with Gasteiger partial charge in [0.2, 0.25) is 16.5 Å². The molecule has 0 spiro atoms. The first-order valence-electron chi connectivity index (χ1n) is 15.0. The Hall–Kier alpha value is -5.65. The van der Waals surface area contributed by atoms with E-state index >= 15 is 0 Å². The lowest BCUT2D eigenvalue weighted by atomic mass is 9.80. The number of hydrogen-bond donors (Lipinski definition) is 6. The van der Waals surface area contributed by atoms with Crippen molar-refractivity contribution in [1.29, 1.82) is 0 Å². The van der Waals surface area contributed by atoms with Gasteiger partial charge in [0.1, 0.15) is 14.7 Å². The van der Waals surface area contributed by atoms with Crippen LogP contribution in [0.4, 0.5) is 23.0 Å². The van der Waals surface area contributed by atoms with Crippen molar-refractivity contribution in [2.75, 3.05) is 10.6 Å². The molecular formula is C32H18Cl2N6O12S3. The quantitative estimate of drug-likeness (QED) is 0.0848. The molecule has 0 unspecified atom stereocenters. The first-order chi connectivity index (χ1) is 25.7. The predicted molar refractivity (Wildman–Crippen MR) is 196 cm³/mol. The molecule has 0 amide bonds. The summed E-state index contributed by atoms with van der Waals surface area (Å²) in [5, 5.41) is 3.57. The predicted octanol–water partition coefficient (Wildman–Crippen LogP) is 4.69. The van der Waals surface area contributed by atoms with Gasteiger partial charge >= 0.3 is 0 Å². The minimum absolute atomic E-state index is 0.0334. The van der Waals surface area contributed by atoms with Gasteiger partial charge in [-0.25, -0.2) is 0 Å². The second kappa shape index (κ2) is 13.3. The van der Waals surface area contributed by atoms with Crippen LogP contribution in [0.25, 0.3) is 22.0 Å². The molecule has 6 N–H and O–H groups in total. The molecule has 0 atom stereocenters. The Morgan fingerprint density at radius 2 is 1.18 bits per heavy atom. The Morgan fingerprint density at radius 3 is 1.76 bits per heavy atom. The molecule has 2 aromatic heterocycles. The van der Waals surface area contributed by atoms with Gasteiger partial charge in [-0.3, -0.25) is 28.0 Å². The molecular weight excluding hydrogens is 827 g/mol. The van der Waals surface area contributed by atoms with Gasteiger partial charge in [-0.05, 0) is 47.0 Å². The van der Waals surface area contributed by atoms with Gasteiger partial charge in [0.15, 0.2) is 11.6 Å². The zero-order valence-electron chi connectivity index (χ0n) is 26.8. The first kappa shape index (κ1) is 37.7. The number of nitrogens with zero attached hydrogens (tertiary/aromatic N) is 3. The zero-order chi connectivity index (χ0) is 39.8. The van der Waals surface area contributed by atoms with Gasteiger partial charge in [-0.15, -0.1) is 0 Å². The summed E-state index contributed by atoms with van der Waals surface area (Å²) in [7, 11) is -16.1. The summed E-state index contributed by atoms with van der Waals surface area (Å²) in [5.74, 6) is -2.20. The van der Waals surface area contributed by atoms with E-state index in [1.54, 1.807) is 6.07 Å². The fraction of sp³-hybridized carbons (Fsp3) is 0. The van der Waals surface area contributed by atoms with Crippen molar-refractivity contribution in [3.8, 4) is 11.1 Å². The highest BCUT2D eigenvalue weighted by molar-refractivity contribution is 7.87. The van der Waals surface area contributed by atoms with Gasteiger partial charge in [0.25, 0.3) is 35.9 Å². The molecule has 0 radical (unpaired) electrons. The topological polar surface area (TPSA) is 293 Å². The number of nitrogens with one attached hydrogen (secondary N) is 3. The summed E-state index contributed by atoms with van der Waals surface area (Å²) in [6.45, 7) is 0. The normalized spacial score (nSPS) is 12.7. The van der Waals surface area contributed by atoms with E-state index in [1.807, 2.05) is 0 Å². The third-order valence-corrected chi connectivity index (χ3v) is 11.2. The van der Waals surface area contributed by atoms with Crippen molar-refractivity contribution in [2.24, 2.45) is 0 Å². The molecule has 0 saturated heterocycles. The van der Waals surface area contributed by atoms with Crippen molar-refractivity contribution >= 4 is 99.0 Å². The molecule has 280 valence electrons. The maximum Gasteiger partial charge on any atom is 0.296 e. The Labute approximate surface area is 318 Å². The third-order valence-electron chi connectivity index (χ3n) is 8.20. The highest BCUT2D eigenvalue weighted by atomic mass is 35.5. The largest absolute Gasteiger partial charge is 0.354 e. The molecule has 2 heterocycles. The van der Waals surface area contributed by atoms with Gasteiger partial charge in [-0.2, -0.15) is 40.2 Å². The number of aromatic nitrogens is 4. The number of benzene rings is 4. The molecule has 0 bridgehead atoms. The second-order valence-electron chi connectivity index (χ2n) is 11.5. The maximum absolute atomic E-state index is 14.4. The van der Waals surface area contributed by atoms with Crippen molar-refractivity contribution in [3.05, 3.63) is 116 Å². The minimum atomic E-state index is -5.44. The molecule has 1 aliphatic carbocycles. The molecule has 0 aliphatic heterocycles. The van der Waals surface area contributed by atoms with Crippen LogP contribution in [0.1, 0.15) is 31.8 Å². The van der Waals surface area contributed by atoms with E-state index in [1.165, 1.54) is 48.5 Å². The molecule has 0 saturated carbocycles.